The molecule has 1 aliphatic heterocycles. The second kappa shape index (κ2) is 12.3. The van der Waals surface area contributed by atoms with Gasteiger partial charge in [-0.15, -0.1) is 0 Å². The molecule has 1 N–H and O–H groups in total. The summed E-state index contributed by atoms with van der Waals surface area (Å²) in [6.07, 6.45) is -0.0833. The van der Waals surface area contributed by atoms with Gasteiger partial charge in [0.25, 0.3) is 5.91 Å². The first kappa shape index (κ1) is 26.8. The number of benzene rings is 3. The minimum atomic E-state index is -0.757. The molecule has 2 amide bonds. The van der Waals surface area contributed by atoms with Gasteiger partial charge in [-0.05, 0) is 66.7 Å². The van der Waals surface area contributed by atoms with Gasteiger partial charge in [0.05, 0.1) is 32.2 Å². The number of amides is 2. The monoisotopic (exact) mass is 531 g/mol. The molecule has 4 rings (SSSR count). The summed E-state index contributed by atoms with van der Waals surface area (Å²) in [6, 6.07) is 22.8. The molecule has 38 heavy (non-hydrogen) atoms. The highest BCUT2D eigenvalue weighted by molar-refractivity contribution is 7.80. The molecule has 0 aromatic heterocycles. The number of carbonyl (C=O) groups is 3. The third kappa shape index (κ3) is 6.36. The molecule has 1 aliphatic rings. The van der Waals surface area contributed by atoms with Crippen LogP contribution in [0.4, 0.5) is 5.69 Å². The van der Waals surface area contributed by atoms with Crippen LogP contribution < -0.4 is 10.1 Å². The summed E-state index contributed by atoms with van der Waals surface area (Å²) in [5, 5.41) is 3.20. The van der Waals surface area contributed by atoms with Crippen molar-refractivity contribution in [2.75, 3.05) is 19.0 Å². The molecule has 3 aromatic carbocycles. The number of methoxy groups -OCH3 is 1. The summed E-state index contributed by atoms with van der Waals surface area (Å²) in [5.41, 5.74) is 2.78. The molecule has 0 saturated carbocycles. The fourth-order valence-corrected chi connectivity index (χ4v) is 4.55. The van der Waals surface area contributed by atoms with Gasteiger partial charge in [0.15, 0.2) is 5.11 Å². The van der Waals surface area contributed by atoms with Crippen LogP contribution in [0.3, 0.4) is 0 Å². The Labute approximate surface area is 227 Å². The number of ether oxygens (including phenoxy) is 2. The van der Waals surface area contributed by atoms with Crippen LogP contribution in [0.15, 0.2) is 78.9 Å². The van der Waals surface area contributed by atoms with E-state index in [1.807, 2.05) is 54.6 Å². The Bertz CT molecular complexity index is 1300. The van der Waals surface area contributed by atoms with E-state index in [1.165, 1.54) is 0 Å². The lowest BCUT2D eigenvalue weighted by atomic mass is 10.1. The lowest BCUT2D eigenvalue weighted by Gasteiger charge is -2.24. The lowest BCUT2D eigenvalue weighted by molar-refractivity contribution is -0.131. The molecule has 0 unspecified atom stereocenters. The zero-order valence-corrected chi connectivity index (χ0v) is 22.1. The number of anilines is 1. The minimum absolute atomic E-state index is 0.0833. The first-order chi connectivity index (χ1) is 18.4. The van der Waals surface area contributed by atoms with E-state index in [0.29, 0.717) is 29.5 Å². The first-order valence-corrected chi connectivity index (χ1v) is 12.7. The SMILES string of the molecule is CCOC(=O)c1ccc(NC(=O)C[C@H]2C(=O)N(Cc3ccccc3)C(=S)N2Cc2ccc(OC)cc2)cc1. The van der Waals surface area contributed by atoms with Crippen molar-refractivity contribution >= 4 is 40.8 Å². The van der Waals surface area contributed by atoms with Crippen molar-refractivity contribution in [3.63, 3.8) is 0 Å². The van der Waals surface area contributed by atoms with Gasteiger partial charge in [0.1, 0.15) is 11.8 Å². The van der Waals surface area contributed by atoms with Gasteiger partial charge in [-0.2, -0.15) is 0 Å². The van der Waals surface area contributed by atoms with Crippen molar-refractivity contribution in [1.82, 2.24) is 9.80 Å². The standard InChI is InChI=1S/C29H29N3O5S/c1-3-37-28(35)22-11-13-23(14-12-22)30-26(33)17-25-27(34)32(19-20-7-5-4-6-8-20)29(38)31(25)18-21-9-15-24(36-2)16-10-21/h4-16,25H,3,17-19H2,1-2H3,(H,30,33)/t25-/m0/s1. The first-order valence-electron chi connectivity index (χ1n) is 12.3. The Morgan fingerprint density at radius 1 is 0.921 bits per heavy atom. The number of hydrogen-bond acceptors (Lipinski definition) is 6. The second-order valence-electron chi connectivity index (χ2n) is 8.73. The van der Waals surface area contributed by atoms with E-state index in [0.717, 1.165) is 16.9 Å². The van der Waals surface area contributed by atoms with Crippen LogP contribution in [0, 0.1) is 0 Å². The topological polar surface area (TPSA) is 88.2 Å². The van der Waals surface area contributed by atoms with Gasteiger partial charge in [-0.3, -0.25) is 14.5 Å². The molecule has 0 bridgehead atoms. The number of carbonyl (C=O) groups excluding carboxylic acids is 3. The number of thiocarbonyl (C=S) groups is 1. The smallest absolute Gasteiger partial charge is 0.338 e. The fourth-order valence-electron chi connectivity index (χ4n) is 4.20. The van der Waals surface area contributed by atoms with Crippen LogP contribution in [0.25, 0.3) is 0 Å². The fraction of sp³-hybridized carbons (Fsp3) is 0.241. The molecule has 3 aromatic rings. The quantitative estimate of drug-likeness (QED) is 0.307. The van der Waals surface area contributed by atoms with Crippen LogP contribution in [-0.2, 0) is 27.4 Å². The van der Waals surface area contributed by atoms with Gasteiger partial charge >= 0.3 is 5.97 Å². The Kier molecular flexibility index (Phi) is 8.70. The highest BCUT2D eigenvalue weighted by atomic mass is 32.1. The summed E-state index contributed by atoms with van der Waals surface area (Å²) in [4.78, 5) is 41.8. The van der Waals surface area contributed by atoms with E-state index in [-0.39, 0.29) is 24.8 Å². The maximum atomic E-state index is 13.5. The number of rotatable bonds is 10. The van der Waals surface area contributed by atoms with E-state index in [1.54, 1.807) is 48.1 Å². The highest BCUT2D eigenvalue weighted by Gasteiger charge is 2.43. The van der Waals surface area contributed by atoms with E-state index in [9.17, 15) is 14.4 Å². The number of nitrogens with one attached hydrogen (secondary N) is 1. The summed E-state index contributed by atoms with van der Waals surface area (Å²) in [7, 11) is 1.60. The van der Waals surface area contributed by atoms with Crippen molar-refractivity contribution < 1.29 is 23.9 Å². The number of hydrogen-bond donors (Lipinski definition) is 1. The lowest BCUT2D eigenvalue weighted by Crippen LogP contribution is -2.37. The molecule has 0 spiro atoms. The van der Waals surface area contributed by atoms with Gasteiger partial charge in [-0.1, -0.05) is 42.5 Å². The van der Waals surface area contributed by atoms with Crippen LogP contribution in [0.5, 0.6) is 5.75 Å². The van der Waals surface area contributed by atoms with E-state index in [4.69, 9.17) is 21.7 Å². The normalized spacial score (nSPS) is 14.9. The molecule has 1 atom stereocenters. The number of esters is 1. The van der Waals surface area contributed by atoms with Crippen molar-refractivity contribution in [2.45, 2.75) is 32.5 Å². The molecule has 1 heterocycles. The molecule has 196 valence electrons. The largest absolute Gasteiger partial charge is 0.497 e. The van der Waals surface area contributed by atoms with E-state index < -0.39 is 12.0 Å². The maximum absolute atomic E-state index is 13.5. The van der Waals surface area contributed by atoms with Crippen molar-refractivity contribution in [3.05, 3.63) is 95.6 Å². The van der Waals surface area contributed by atoms with Gasteiger partial charge in [0, 0.05) is 12.2 Å². The third-order valence-corrected chi connectivity index (χ3v) is 6.61. The molecule has 1 saturated heterocycles. The summed E-state index contributed by atoms with van der Waals surface area (Å²) in [5.74, 6) is -0.260. The maximum Gasteiger partial charge on any atom is 0.338 e. The van der Waals surface area contributed by atoms with Crippen LogP contribution in [-0.4, -0.2) is 52.5 Å². The molecule has 9 heteroatoms. The summed E-state index contributed by atoms with van der Waals surface area (Å²) < 4.78 is 10.2. The highest BCUT2D eigenvalue weighted by Crippen LogP contribution is 2.26. The Morgan fingerprint density at radius 2 is 1.58 bits per heavy atom. The second-order valence-corrected chi connectivity index (χ2v) is 9.10. The predicted molar refractivity (Wildman–Crippen MR) is 148 cm³/mol. The summed E-state index contributed by atoms with van der Waals surface area (Å²) in [6.45, 7) is 2.71. The van der Waals surface area contributed by atoms with Crippen LogP contribution in [0.2, 0.25) is 0 Å². The molecule has 0 aliphatic carbocycles. The molecular weight excluding hydrogens is 502 g/mol. The van der Waals surface area contributed by atoms with Crippen molar-refractivity contribution in [1.29, 1.82) is 0 Å². The van der Waals surface area contributed by atoms with E-state index >= 15 is 0 Å². The average Bonchev–Trinajstić information content (AvgIpc) is 3.14. The Balaban J connectivity index is 1.50. The molecule has 8 nitrogen and oxygen atoms in total. The molecule has 1 fully saturated rings. The number of nitrogens with zero attached hydrogens (tertiary/aromatic N) is 2. The average molecular weight is 532 g/mol. The van der Waals surface area contributed by atoms with Gasteiger partial charge < -0.3 is 19.7 Å². The molecule has 0 radical (unpaired) electrons. The Hall–Kier alpha value is -4.24. The van der Waals surface area contributed by atoms with E-state index in [2.05, 4.69) is 5.32 Å². The van der Waals surface area contributed by atoms with Crippen LogP contribution in [0.1, 0.15) is 34.8 Å². The van der Waals surface area contributed by atoms with Gasteiger partial charge in [0.2, 0.25) is 5.91 Å². The molecular formula is C29H29N3O5S. The third-order valence-electron chi connectivity index (χ3n) is 6.16. The van der Waals surface area contributed by atoms with Crippen molar-refractivity contribution in [2.24, 2.45) is 0 Å². The minimum Gasteiger partial charge on any atom is -0.497 e. The zero-order valence-electron chi connectivity index (χ0n) is 21.3. The zero-order chi connectivity index (χ0) is 27.1. The summed E-state index contributed by atoms with van der Waals surface area (Å²) >= 11 is 5.74. The van der Waals surface area contributed by atoms with Crippen LogP contribution >= 0.6 is 12.2 Å². The van der Waals surface area contributed by atoms with Gasteiger partial charge in [-0.25, -0.2) is 4.79 Å². The predicted octanol–water partition coefficient (Wildman–Crippen LogP) is 4.40. The van der Waals surface area contributed by atoms with Crippen molar-refractivity contribution in [3.8, 4) is 5.75 Å². The Morgan fingerprint density at radius 3 is 2.21 bits per heavy atom.